The van der Waals surface area contributed by atoms with E-state index in [1.54, 1.807) is 18.5 Å². The van der Waals surface area contributed by atoms with Gasteiger partial charge in [0.25, 0.3) is 5.69 Å². The molecule has 0 spiro atoms. The molecule has 0 aliphatic heterocycles. The van der Waals surface area contributed by atoms with E-state index in [-0.39, 0.29) is 11.4 Å². The molecule has 0 fully saturated rings. The van der Waals surface area contributed by atoms with Crippen LogP contribution in [0.25, 0.3) is 11.4 Å². The van der Waals surface area contributed by atoms with Gasteiger partial charge in [-0.3, -0.25) is 10.1 Å². The second-order valence-electron chi connectivity index (χ2n) is 2.97. The lowest BCUT2D eigenvalue weighted by molar-refractivity contribution is -0.383. The molecule has 2 rings (SSSR count). The van der Waals surface area contributed by atoms with E-state index >= 15 is 0 Å². The Hall–Kier alpha value is -2.37. The minimum absolute atomic E-state index is 0.0923. The molecule has 0 saturated heterocycles. The van der Waals surface area contributed by atoms with E-state index in [0.717, 1.165) is 5.56 Å². The highest BCUT2D eigenvalue weighted by Crippen LogP contribution is 2.26. The lowest BCUT2D eigenvalue weighted by Crippen LogP contribution is -1.95. The molecule has 3 N–H and O–H groups in total. The van der Waals surface area contributed by atoms with E-state index < -0.39 is 4.92 Å². The molecule has 0 bridgehead atoms. The number of nitro benzene ring substituents is 1. The Morgan fingerprint density at radius 3 is 2.80 bits per heavy atom. The number of nitro groups is 1. The fourth-order valence-corrected chi connectivity index (χ4v) is 1.29. The molecule has 2 aromatic rings. The van der Waals surface area contributed by atoms with Crippen LogP contribution in [0.15, 0.2) is 30.6 Å². The van der Waals surface area contributed by atoms with Crippen molar-refractivity contribution in [2.24, 2.45) is 0 Å². The zero-order valence-electron chi connectivity index (χ0n) is 7.68. The largest absolute Gasteiger partial charge is 0.393 e. The van der Waals surface area contributed by atoms with Crippen LogP contribution in [0.2, 0.25) is 0 Å². The number of aromatic amines is 1. The maximum Gasteiger partial charge on any atom is 0.292 e. The average molecular weight is 204 g/mol. The molecule has 0 aliphatic rings. The van der Waals surface area contributed by atoms with Crippen molar-refractivity contribution in [2.75, 3.05) is 5.73 Å². The first-order chi connectivity index (χ1) is 7.18. The number of imidazole rings is 1. The molecular formula is C9H8N4O2. The molecule has 0 aliphatic carbocycles. The van der Waals surface area contributed by atoms with Gasteiger partial charge in [-0.15, -0.1) is 0 Å². The highest BCUT2D eigenvalue weighted by Gasteiger charge is 2.12. The second kappa shape index (κ2) is 3.41. The molecule has 6 heteroatoms. The number of hydrogen-bond donors (Lipinski definition) is 2. The van der Waals surface area contributed by atoms with Crippen LogP contribution in [0.1, 0.15) is 0 Å². The fourth-order valence-electron chi connectivity index (χ4n) is 1.29. The number of nitrogens with one attached hydrogen (secondary N) is 1. The number of H-pyrrole nitrogens is 1. The van der Waals surface area contributed by atoms with E-state index in [0.29, 0.717) is 5.82 Å². The highest BCUT2D eigenvalue weighted by atomic mass is 16.6. The monoisotopic (exact) mass is 204 g/mol. The number of nitrogens with two attached hydrogens (primary N) is 1. The number of aromatic nitrogens is 2. The number of hydrogen-bond acceptors (Lipinski definition) is 4. The predicted octanol–water partition coefficient (Wildman–Crippen LogP) is 1.57. The zero-order valence-corrected chi connectivity index (χ0v) is 7.68. The summed E-state index contributed by atoms with van der Waals surface area (Å²) in [5.74, 6) is 0.636. The normalized spacial score (nSPS) is 10.1. The Kier molecular flexibility index (Phi) is 2.09. The van der Waals surface area contributed by atoms with Crippen molar-refractivity contribution in [2.45, 2.75) is 0 Å². The van der Waals surface area contributed by atoms with Gasteiger partial charge in [-0.25, -0.2) is 4.98 Å². The minimum Gasteiger partial charge on any atom is -0.393 e. The Morgan fingerprint density at radius 2 is 2.27 bits per heavy atom. The summed E-state index contributed by atoms with van der Waals surface area (Å²) in [5, 5.41) is 10.5. The molecule has 0 atom stereocenters. The molecular weight excluding hydrogens is 196 g/mol. The van der Waals surface area contributed by atoms with Crippen molar-refractivity contribution < 1.29 is 4.92 Å². The molecule has 0 saturated carbocycles. The van der Waals surface area contributed by atoms with Gasteiger partial charge in [-0.2, -0.15) is 0 Å². The van der Waals surface area contributed by atoms with Gasteiger partial charge in [0.05, 0.1) is 4.92 Å². The van der Waals surface area contributed by atoms with Crippen LogP contribution in [0.4, 0.5) is 11.4 Å². The lowest BCUT2D eigenvalue weighted by Gasteiger charge is -1.99. The molecule has 0 unspecified atom stereocenters. The lowest BCUT2D eigenvalue weighted by atomic mass is 10.1. The summed E-state index contributed by atoms with van der Waals surface area (Å²) in [6, 6.07) is 4.50. The summed E-state index contributed by atoms with van der Waals surface area (Å²) in [4.78, 5) is 16.9. The zero-order chi connectivity index (χ0) is 10.8. The van der Waals surface area contributed by atoms with Crippen LogP contribution in [0.5, 0.6) is 0 Å². The minimum atomic E-state index is -0.513. The first kappa shape index (κ1) is 9.20. The van der Waals surface area contributed by atoms with Gasteiger partial charge in [0.15, 0.2) is 0 Å². The second-order valence-corrected chi connectivity index (χ2v) is 2.97. The summed E-state index contributed by atoms with van der Waals surface area (Å²) in [7, 11) is 0. The van der Waals surface area contributed by atoms with Crippen LogP contribution in [0, 0.1) is 10.1 Å². The van der Waals surface area contributed by atoms with Crippen LogP contribution < -0.4 is 5.73 Å². The van der Waals surface area contributed by atoms with Crippen LogP contribution in [0.3, 0.4) is 0 Å². The van der Waals surface area contributed by atoms with Gasteiger partial charge in [-0.1, -0.05) is 0 Å². The van der Waals surface area contributed by atoms with Crippen molar-refractivity contribution in [3.05, 3.63) is 40.7 Å². The van der Waals surface area contributed by atoms with Gasteiger partial charge < -0.3 is 10.7 Å². The summed E-state index contributed by atoms with van der Waals surface area (Å²) in [6.45, 7) is 0. The maximum atomic E-state index is 10.5. The number of rotatable bonds is 2. The molecule has 1 heterocycles. The van der Waals surface area contributed by atoms with Crippen LogP contribution in [-0.2, 0) is 0 Å². The van der Waals surface area contributed by atoms with Gasteiger partial charge in [0, 0.05) is 24.0 Å². The van der Waals surface area contributed by atoms with Crippen molar-refractivity contribution >= 4 is 11.4 Å². The van der Waals surface area contributed by atoms with E-state index in [4.69, 9.17) is 5.73 Å². The van der Waals surface area contributed by atoms with Crippen molar-refractivity contribution in [1.82, 2.24) is 9.97 Å². The molecule has 0 amide bonds. The third-order valence-corrected chi connectivity index (χ3v) is 2.00. The van der Waals surface area contributed by atoms with Crippen LogP contribution in [-0.4, -0.2) is 14.9 Å². The fraction of sp³-hybridized carbons (Fsp3) is 0. The highest BCUT2D eigenvalue weighted by molar-refractivity contribution is 5.68. The summed E-state index contributed by atoms with van der Waals surface area (Å²) in [5.41, 5.74) is 6.31. The quantitative estimate of drug-likeness (QED) is 0.440. The van der Waals surface area contributed by atoms with Crippen molar-refractivity contribution in [3.63, 3.8) is 0 Å². The number of nitrogens with zero attached hydrogens (tertiary/aromatic N) is 2. The predicted molar refractivity (Wildman–Crippen MR) is 55.1 cm³/mol. The third-order valence-electron chi connectivity index (χ3n) is 2.00. The maximum absolute atomic E-state index is 10.5. The summed E-state index contributed by atoms with van der Waals surface area (Å²) >= 11 is 0. The van der Waals surface area contributed by atoms with Gasteiger partial charge >= 0.3 is 0 Å². The molecule has 0 radical (unpaired) electrons. The number of anilines is 1. The average Bonchev–Trinajstić information content (AvgIpc) is 2.69. The Morgan fingerprint density at radius 1 is 1.47 bits per heavy atom. The Labute approximate surface area is 84.9 Å². The Balaban J connectivity index is 2.47. The first-order valence-electron chi connectivity index (χ1n) is 4.22. The Bertz CT molecular complexity index is 493. The smallest absolute Gasteiger partial charge is 0.292 e. The van der Waals surface area contributed by atoms with Crippen molar-refractivity contribution in [3.8, 4) is 11.4 Å². The topological polar surface area (TPSA) is 97.8 Å². The van der Waals surface area contributed by atoms with Crippen LogP contribution >= 0.6 is 0 Å². The third kappa shape index (κ3) is 1.64. The van der Waals surface area contributed by atoms with E-state index in [1.807, 2.05) is 0 Å². The molecule has 1 aromatic carbocycles. The number of nitrogen functional groups attached to an aromatic ring is 1. The van der Waals surface area contributed by atoms with E-state index in [2.05, 4.69) is 9.97 Å². The van der Waals surface area contributed by atoms with Crippen molar-refractivity contribution in [1.29, 1.82) is 0 Å². The molecule has 76 valence electrons. The molecule has 6 nitrogen and oxygen atoms in total. The number of benzene rings is 1. The first-order valence-corrected chi connectivity index (χ1v) is 4.22. The standard InChI is InChI=1S/C9H8N4O2/c10-7-5-6(9-11-3-4-12-9)1-2-8(7)13(14)15/h1-5H,10H2,(H,11,12). The molecule has 1 aromatic heterocycles. The van der Waals surface area contributed by atoms with E-state index in [1.165, 1.54) is 12.1 Å². The van der Waals surface area contributed by atoms with Gasteiger partial charge in [-0.05, 0) is 12.1 Å². The molecule has 15 heavy (non-hydrogen) atoms. The van der Waals surface area contributed by atoms with Gasteiger partial charge in [0.2, 0.25) is 0 Å². The van der Waals surface area contributed by atoms with Gasteiger partial charge in [0.1, 0.15) is 11.5 Å². The summed E-state index contributed by atoms with van der Waals surface area (Å²) < 4.78 is 0. The summed E-state index contributed by atoms with van der Waals surface area (Å²) in [6.07, 6.45) is 3.28. The van der Waals surface area contributed by atoms with E-state index in [9.17, 15) is 10.1 Å². The SMILES string of the molecule is Nc1cc(-c2ncc[nH]2)ccc1[N+](=O)[O-].